The molecule has 0 saturated carbocycles. The molecule has 0 spiro atoms. The summed E-state index contributed by atoms with van der Waals surface area (Å²) in [6.45, 7) is 0. The van der Waals surface area contributed by atoms with Crippen LogP contribution in [0, 0.1) is 0 Å². The molecular formula is C26H18N4O9S3. The van der Waals surface area contributed by atoms with E-state index in [-0.39, 0.29) is 10.7 Å². The van der Waals surface area contributed by atoms with Crippen molar-refractivity contribution in [2.45, 2.75) is 14.7 Å². The average Bonchev–Trinajstić information content (AvgIpc) is 3.03. The molecule has 3 aromatic carbocycles. The third kappa shape index (κ3) is 7.15. The molecule has 5 rings (SSSR count). The quantitative estimate of drug-likeness (QED) is 0.0667. The van der Waals surface area contributed by atoms with Gasteiger partial charge < -0.3 is 0 Å². The predicted molar refractivity (Wildman–Crippen MR) is 150 cm³/mol. The summed E-state index contributed by atoms with van der Waals surface area (Å²) >= 11 is 1.63. The van der Waals surface area contributed by atoms with Gasteiger partial charge in [-0.2, -0.15) is 8.42 Å². The van der Waals surface area contributed by atoms with Crippen LogP contribution in [-0.4, -0.2) is 43.7 Å². The minimum absolute atomic E-state index is 0.214. The summed E-state index contributed by atoms with van der Waals surface area (Å²) in [6, 6.07) is 23.3. The van der Waals surface area contributed by atoms with Crippen LogP contribution in [-0.2, 0) is 28.9 Å². The van der Waals surface area contributed by atoms with Crippen molar-refractivity contribution in [3.63, 3.8) is 0 Å². The second kappa shape index (κ2) is 13.4. The molecule has 13 nitrogen and oxygen atoms in total. The lowest BCUT2D eigenvalue weighted by Crippen LogP contribution is -2.01. The van der Waals surface area contributed by atoms with Crippen LogP contribution in [0.4, 0.5) is 0 Å². The van der Waals surface area contributed by atoms with Gasteiger partial charge in [0.15, 0.2) is 0 Å². The fourth-order valence-corrected chi connectivity index (χ4v) is 5.02. The molecule has 0 aliphatic heterocycles. The van der Waals surface area contributed by atoms with Crippen LogP contribution in [0.3, 0.4) is 0 Å². The second-order valence-corrected chi connectivity index (χ2v) is 11.2. The first-order valence-electron chi connectivity index (χ1n) is 11.6. The Morgan fingerprint density at radius 1 is 0.643 bits per heavy atom. The highest BCUT2D eigenvalue weighted by molar-refractivity contribution is 7.94. The van der Waals surface area contributed by atoms with Crippen LogP contribution in [0.2, 0.25) is 0 Å². The molecule has 0 atom stereocenters. The first kappa shape index (κ1) is 29.7. The van der Waals surface area contributed by atoms with E-state index in [1.54, 1.807) is 79.0 Å². The first-order valence-corrected chi connectivity index (χ1v) is 14.6. The fourth-order valence-electron chi connectivity index (χ4n) is 3.83. The second-order valence-electron chi connectivity index (χ2n) is 8.26. The summed E-state index contributed by atoms with van der Waals surface area (Å²) in [5, 5.41) is 32.9. The Balaban J connectivity index is 1.54. The van der Waals surface area contributed by atoms with E-state index in [1.807, 2.05) is 0 Å². The highest BCUT2D eigenvalue weighted by Gasteiger charge is 2.17. The van der Waals surface area contributed by atoms with Gasteiger partial charge in [0, 0.05) is 27.1 Å². The molecule has 0 fully saturated rings. The number of rotatable bonds is 11. The van der Waals surface area contributed by atoms with Gasteiger partial charge in [0.1, 0.15) is 17.1 Å². The van der Waals surface area contributed by atoms with E-state index < -0.39 is 10.1 Å². The molecule has 0 aliphatic carbocycles. The van der Waals surface area contributed by atoms with Gasteiger partial charge in [-0.25, -0.2) is 15.5 Å². The summed E-state index contributed by atoms with van der Waals surface area (Å²) in [7, 11) is -4.31. The number of benzene rings is 3. The van der Waals surface area contributed by atoms with Gasteiger partial charge in [-0.1, -0.05) is 46.5 Å². The van der Waals surface area contributed by atoms with Crippen LogP contribution in [0.15, 0.2) is 106 Å². The largest absolute Gasteiger partial charge is 0.294 e. The van der Waals surface area contributed by atoms with Crippen LogP contribution in [0.25, 0.3) is 45.2 Å². The molecule has 0 bridgehead atoms. The van der Waals surface area contributed by atoms with Gasteiger partial charge in [0.2, 0.25) is 5.82 Å². The van der Waals surface area contributed by atoms with Crippen LogP contribution >= 0.6 is 24.1 Å². The number of nitrogens with zero attached hydrogens (tertiary/aromatic N) is 4. The number of hydrogen-bond acceptors (Lipinski definition) is 14. The lowest BCUT2D eigenvalue weighted by molar-refractivity contribution is -0.432. The van der Waals surface area contributed by atoms with Crippen molar-refractivity contribution >= 4 is 34.2 Å². The van der Waals surface area contributed by atoms with Crippen molar-refractivity contribution in [3.05, 3.63) is 91.1 Å². The van der Waals surface area contributed by atoms with Crippen molar-refractivity contribution < 1.29 is 42.2 Å². The fraction of sp³-hybridized carbons (Fsp3) is 0. The van der Waals surface area contributed by atoms with Crippen molar-refractivity contribution in [3.8, 4) is 45.2 Å². The standard InChI is InChI=1S/C26H18N4O9S3/c31-36-38-40-20-7-1-17(2-8-20)24-25(18-3-9-21(10-4-18)41-39-37-32)29-30-26(28-24)23-15-19(13-14-27-23)16-5-11-22(12-6-16)42(33,34)35/h1-15,31-32H,(H,33,34,35). The monoisotopic (exact) mass is 626 g/mol. The van der Waals surface area contributed by atoms with Crippen molar-refractivity contribution in [2.75, 3.05) is 0 Å². The Morgan fingerprint density at radius 3 is 1.74 bits per heavy atom. The first-order chi connectivity index (χ1) is 20.4. The molecule has 42 heavy (non-hydrogen) atoms. The lowest BCUT2D eigenvalue weighted by Gasteiger charge is -2.11. The van der Waals surface area contributed by atoms with Gasteiger partial charge >= 0.3 is 0 Å². The Kier molecular flexibility index (Phi) is 9.50. The summed E-state index contributed by atoms with van der Waals surface area (Å²) in [6.07, 6.45) is 1.57. The van der Waals surface area contributed by atoms with E-state index >= 15 is 0 Å². The SMILES string of the molecule is O=S(=O)(O)c1ccc(-c2ccnc(-c3nnc(-c4ccc(SOOO)cc4)c(-c4ccc(SOOO)cc4)n3)c2)cc1. The van der Waals surface area contributed by atoms with E-state index in [4.69, 9.17) is 15.5 Å². The Bertz CT molecular complexity index is 1780. The maximum atomic E-state index is 11.4. The third-order valence-electron chi connectivity index (χ3n) is 5.74. The number of aromatic nitrogens is 4. The van der Waals surface area contributed by atoms with Gasteiger partial charge in [-0.05, 0) is 59.7 Å². The van der Waals surface area contributed by atoms with E-state index in [2.05, 4.69) is 33.9 Å². The van der Waals surface area contributed by atoms with Crippen LogP contribution in [0.1, 0.15) is 0 Å². The zero-order chi connectivity index (χ0) is 29.5. The minimum Gasteiger partial charge on any atom is -0.282 e. The van der Waals surface area contributed by atoms with Gasteiger partial charge in [0.25, 0.3) is 10.1 Å². The van der Waals surface area contributed by atoms with Crippen LogP contribution in [0.5, 0.6) is 0 Å². The highest BCUT2D eigenvalue weighted by Crippen LogP contribution is 2.33. The minimum atomic E-state index is -4.31. The molecule has 16 heteroatoms. The molecule has 2 heterocycles. The summed E-state index contributed by atoms with van der Waals surface area (Å²) < 4.78 is 41.0. The summed E-state index contributed by atoms with van der Waals surface area (Å²) in [5.41, 5.74) is 4.18. The van der Waals surface area contributed by atoms with Crippen molar-refractivity contribution in [1.29, 1.82) is 0 Å². The van der Waals surface area contributed by atoms with Gasteiger partial charge in [0.05, 0.1) is 29.0 Å². The number of hydrogen-bond donors (Lipinski definition) is 3. The van der Waals surface area contributed by atoms with E-state index in [0.717, 1.165) is 24.1 Å². The van der Waals surface area contributed by atoms with E-state index in [0.29, 0.717) is 49.1 Å². The van der Waals surface area contributed by atoms with Crippen molar-refractivity contribution in [1.82, 2.24) is 20.2 Å². The number of pyridine rings is 1. The van der Waals surface area contributed by atoms with Crippen molar-refractivity contribution in [2.24, 2.45) is 0 Å². The lowest BCUT2D eigenvalue weighted by atomic mass is 10.0. The summed E-state index contributed by atoms with van der Waals surface area (Å²) in [4.78, 5) is 10.3. The molecule has 5 aromatic rings. The Morgan fingerprint density at radius 2 is 1.19 bits per heavy atom. The molecule has 214 valence electrons. The molecular weight excluding hydrogens is 609 g/mol. The zero-order valence-corrected chi connectivity index (χ0v) is 23.4. The molecule has 0 amide bonds. The maximum Gasteiger partial charge on any atom is 0.294 e. The molecule has 0 aliphatic rings. The van der Waals surface area contributed by atoms with Gasteiger partial charge in [-0.15, -0.1) is 18.9 Å². The predicted octanol–water partition coefficient (Wildman–Crippen LogP) is 6.04. The van der Waals surface area contributed by atoms with E-state index in [9.17, 15) is 13.0 Å². The molecule has 0 radical (unpaired) electrons. The topological polar surface area (TPSA) is 183 Å². The summed E-state index contributed by atoms with van der Waals surface area (Å²) in [5.74, 6) is 0.237. The molecule has 0 saturated heterocycles. The average molecular weight is 627 g/mol. The Labute approximate surface area is 247 Å². The molecule has 0 unspecified atom stereocenters. The zero-order valence-electron chi connectivity index (χ0n) is 21.0. The van der Waals surface area contributed by atoms with Gasteiger partial charge in [-0.3, -0.25) is 9.54 Å². The van der Waals surface area contributed by atoms with E-state index in [1.165, 1.54) is 12.1 Å². The molecule has 2 aromatic heterocycles. The Hall–Kier alpha value is -3.81. The van der Waals surface area contributed by atoms with Crippen LogP contribution < -0.4 is 0 Å². The third-order valence-corrected chi connectivity index (χ3v) is 7.79. The highest BCUT2D eigenvalue weighted by atomic mass is 32.2. The normalized spacial score (nSPS) is 11.5. The smallest absolute Gasteiger partial charge is 0.282 e. The maximum absolute atomic E-state index is 11.4. The molecule has 3 N–H and O–H groups in total.